The van der Waals surface area contributed by atoms with Gasteiger partial charge in [-0.05, 0) is 47.4 Å². The summed E-state index contributed by atoms with van der Waals surface area (Å²) in [5, 5.41) is 3.15. The Bertz CT molecular complexity index is 486. The molecule has 0 bridgehead atoms. The molecule has 18 heavy (non-hydrogen) atoms. The number of hydrogen-bond donors (Lipinski definition) is 1. The third-order valence-corrected chi connectivity index (χ3v) is 4.94. The van der Waals surface area contributed by atoms with Gasteiger partial charge in [-0.2, -0.15) is 0 Å². The van der Waals surface area contributed by atoms with Crippen molar-refractivity contribution >= 4 is 33.3 Å². The molecule has 1 aliphatic heterocycles. The number of benzene rings is 1. The van der Waals surface area contributed by atoms with E-state index in [1.807, 2.05) is 6.92 Å². The van der Waals surface area contributed by atoms with Gasteiger partial charge in [0.2, 0.25) is 0 Å². The van der Waals surface area contributed by atoms with Crippen LogP contribution >= 0.6 is 27.5 Å². The van der Waals surface area contributed by atoms with E-state index in [1.165, 1.54) is 6.07 Å². The zero-order valence-electron chi connectivity index (χ0n) is 10.0. The molecule has 1 heterocycles. The zero-order valence-corrected chi connectivity index (χ0v) is 12.4. The molecule has 2 nitrogen and oxygen atoms in total. The Labute approximate surface area is 119 Å². The Balaban J connectivity index is 2.43. The Morgan fingerprint density at radius 1 is 1.61 bits per heavy atom. The van der Waals surface area contributed by atoms with Gasteiger partial charge < -0.3 is 5.32 Å². The topological polar surface area (TPSA) is 29.1 Å². The molecule has 1 N–H and O–H groups in total. The van der Waals surface area contributed by atoms with Crippen molar-refractivity contribution in [3.8, 4) is 0 Å². The highest BCUT2D eigenvalue weighted by Gasteiger charge is 2.41. The molecule has 0 amide bonds. The lowest BCUT2D eigenvalue weighted by Gasteiger charge is -2.25. The van der Waals surface area contributed by atoms with Crippen molar-refractivity contribution in [1.82, 2.24) is 5.32 Å². The summed E-state index contributed by atoms with van der Waals surface area (Å²) in [7, 11) is 0. The molecule has 5 heteroatoms. The first-order chi connectivity index (χ1) is 8.52. The molecule has 1 saturated heterocycles. The quantitative estimate of drug-likeness (QED) is 0.672. The number of carbonyl (C=O) groups is 1. The lowest BCUT2D eigenvalue weighted by molar-refractivity contribution is 0.0806. The van der Waals surface area contributed by atoms with Gasteiger partial charge in [0.1, 0.15) is 0 Å². The standard InChI is InChI=1S/C13H14BrClFNO/c1-2-13(5-6-17-7-13)12(18)8-3-4-9(14)10(15)11(8)16/h3-4,17H,2,5-7H2,1H3. The third kappa shape index (κ3) is 2.22. The van der Waals surface area contributed by atoms with Gasteiger partial charge in [-0.1, -0.05) is 18.5 Å². The maximum atomic E-state index is 14.1. The van der Waals surface area contributed by atoms with Crippen LogP contribution in [0.2, 0.25) is 5.02 Å². The molecule has 0 aliphatic carbocycles. The minimum absolute atomic E-state index is 0.0296. The average molecular weight is 335 g/mol. The van der Waals surface area contributed by atoms with E-state index in [-0.39, 0.29) is 16.4 Å². The molecule has 1 aromatic rings. The predicted octanol–water partition coefficient (Wildman–Crippen LogP) is 3.81. The molecule has 1 atom stereocenters. The Morgan fingerprint density at radius 2 is 2.33 bits per heavy atom. The third-order valence-electron chi connectivity index (χ3n) is 3.68. The highest BCUT2D eigenvalue weighted by molar-refractivity contribution is 9.10. The number of halogens is 3. The fraction of sp³-hybridized carbons (Fsp3) is 0.462. The second-order valence-electron chi connectivity index (χ2n) is 4.61. The Hall–Kier alpha value is -0.450. The molecule has 1 aromatic carbocycles. The molecule has 1 unspecified atom stereocenters. The maximum absolute atomic E-state index is 14.1. The Morgan fingerprint density at radius 3 is 2.89 bits per heavy atom. The first kappa shape index (κ1) is 14.0. The maximum Gasteiger partial charge on any atom is 0.173 e. The van der Waals surface area contributed by atoms with Crippen molar-refractivity contribution in [3.05, 3.63) is 33.0 Å². The van der Waals surface area contributed by atoms with Crippen LogP contribution in [0.3, 0.4) is 0 Å². The first-order valence-corrected chi connectivity index (χ1v) is 7.08. The molecule has 0 radical (unpaired) electrons. The molecular weight excluding hydrogens is 321 g/mol. The summed E-state index contributed by atoms with van der Waals surface area (Å²) in [5.74, 6) is -0.780. The highest BCUT2D eigenvalue weighted by atomic mass is 79.9. The summed E-state index contributed by atoms with van der Waals surface area (Å²) in [6, 6.07) is 3.12. The van der Waals surface area contributed by atoms with E-state index in [0.717, 1.165) is 13.0 Å². The van der Waals surface area contributed by atoms with Crippen LogP contribution in [0.25, 0.3) is 0 Å². The molecule has 0 aromatic heterocycles. The van der Waals surface area contributed by atoms with Crippen molar-refractivity contribution in [1.29, 1.82) is 0 Å². The van der Waals surface area contributed by atoms with Crippen LogP contribution in [0, 0.1) is 11.2 Å². The van der Waals surface area contributed by atoms with Gasteiger partial charge in [0, 0.05) is 16.4 Å². The van der Waals surface area contributed by atoms with Crippen molar-refractivity contribution in [2.45, 2.75) is 19.8 Å². The van der Waals surface area contributed by atoms with E-state index in [4.69, 9.17) is 11.6 Å². The van der Waals surface area contributed by atoms with Crippen molar-refractivity contribution < 1.29 is 9.18 Å². The minimum Gasteiger partial charge on any atom is -0.316 e. The molecule has 2 rings (SSSR count). The van der Waals surface area contributed by atoms with Crippen molar-refractivity contribution in [2.24, 2.45) is 5.41 Å². The fourth-order valence-electron chi connectivity index (χ4n) is 2.39. The summed E-state index contributed by atoms with van der Waals surface area (Å²) < 4.78 is 14.5. The summed E-state index contributed by atoms with van der Waals surface area (Å²) in [4.78, 5) is 12.5. The molecular formula is C13H14BrClFNO. The predicted molar refractivity (Wildman–Crippen MR) is 73.7 cm³/mol. The lowest BCUT2D eigenvalue weighted by atomic mass is 9.77. The lowest BCUT2D eigenvalue weighted by Crippen LogP contribution is -2.33. The van der Waals surface area contributed by atoms with E-state index < -0.39 is 11.2 Å². The van der Waals surface area contributed by atoms with Gasteiger partial charge in [-0.25, -0.2) is 4.39 Å². The summed E-state index contributed by atoms with van der Waals surface area (Å²) in [6.07, 6.45) is 1.45. The van der Waals surface area contributed by atoms with Gasteiger partial charge >= 0.3 is 0 Å². The number of ketones is 1. The number of nitrogens with one attached hydrogen (secondary N) is 1. The minimum atomic E-state index is -0.629. The molecule has 0 saturated carbocycles. The first-order valence-electron chi connectivity index (χ1n) is 5.91. The fourth-order valence-corrected chi connectivity index (χ4v) is 2.86. The van der Waals surface area contributed by atoms with E-state index >= 15 is 0 Å². The summed E-state index contributed by atoms with van der Waals surface area (Å²) in [5.41, 5.74) is -0.397. The van der Waals surface area contributed by atoms with E-state index in [9.17, 15) is 9.18 Å². The van der Waals surface area contributed by atoms with Crippen LogP contribution < -0.4 is 5.32 Å². The SMILES string of the molecule is CCC1(C(=O)c2ccc(Br)c(Cl)c2F)CCNC1. The average Bonchev–Trinajstić information content (AvgIpc) is 2.85. The second-order valence-corrected chi connectivity index (χ2v) is 5.84. The number of carbonyl (C=O) groups excluding carboxylic acids is 1. The number of Topliss-reactive ketones (excluding diaryl/α,β-unsaturated/α-hetero) is 1. The van der Waals surface area contributed by atoms with Crippen molar-refractivity contribution in [3.63, 3.8) is 0 Å². The van der Waals surface area contributed by atoms with Crippen molar-refractivity contribution in [2.75, 3.05) is 13.1 Å². The molecule has 1 aliphatic rings. The van der Waals surface area contributed by atoms with Crippen LogP contribution in [0.15, 0.2) is 16.6 Å². The van der Waals surface area contributed by atoms with Gasteiger partial charge in [0.15, 0.2) is 11.6 Å². The monoisotopic (exact) mass is 333 g/mol. The summed E-state index contributed by atoms with van der Waals surface area (Å²) in [6.45, 7) is 3.37. The van der Waals surface area contributed by atoms with Crippen LogP contribution in [0.4, 0.5) is 4.39 Å². The van der Waals surface area contributed by atoms with Crippen LogP contribution in [-0.4, -0.2) is 18.9 Å². The van der Waals surface area contributed by atoms with Crippen LogP contribution in [-0.2, 0) is 0 Å². The zero-order chi connectivity index (χ0) is 13.3. The van der Waals surface area contributed by atoms with E-state index in [0.29, 0.717) is 17.4 Å². The molecule has 1 fully saturated rings. The largest absolute Gasteiger partial charge is 0.316 e. The number of hydrogen-bond acceptors (Lipinski definition) is 2. The van der Waals surface area contributed by atoms with Gasteiger partial charge in [-0.15, -0.1) is 0 Å². The normalized spacial score (nSPS) is 23.3. The van der Waals surface area contributed by atoms with Crippen LogP contribution in [0.5, 0.6) is 0 Å². The Kier molecular flexibility index (Phi) is 4.09. The summed E-state index contributed by atoms with van der Waals surface area (Å²) >= 11 is 8.98. The second kappa shape index (κ2) is 5.27. The van der Waals surface area contributed by atoms with Crippen LogP contribution in [0.1, 0.15) is 30.1 Å². The van der Waals surface area contributed by atoms with E-state index in [1.54, 1.807) is 6.07 Å². The molecule has 0 spiro atoms. The van der Waals surface area contributed by atoms with Gasteiger partial charge in [-0.3, -0.25) is 4.79 Å². The van der Waals surface area contributed by atoms with E-state index in [2.05, 4.69) is 21.2 Å². The number of rotatable bonds is 3. The highest BCUT2D eigenvalue weighted by Crippen LogP contribution is 2.36. The van der Waals surface area contributed by atoms with Gasteiger partial charge in [0.25, 0.3) is 0 Å². The smallest absolute Gasteiger partial charge is 0.173 e. The van der Waals surface area contributed by atoms with Gasteiger partial charge in [0.05, 0.1) is 10.6 Å². The molecule has 98 valence electrons.